The average molecular weight is 682 g/mol. The number of amides is 2. The highest BCUT2D eigenvalue weighted by molar-refractivity contribution is 5.83. The van der Waals surface area contributed by atoms with Crippen molar-refractivity contribution in [2.24, 2.45) is 13.0 Å². The van der Waals surface area contributed by atoms with Crippen LogP contribution in [0.5, 0.6) is 0 Å². The smallest absolute Gasteiger partial charge is 0.239 e. The minimum atomic E-state index is -0.855. The van der Waals surface area contributed by atoms with Gasteiger partial charge < -0.3 is 20.8 Å². The first-order chi connectivity index (χ1) is 23.8. The Morgan fingerprint density at radius 2 is 1.78 bits per heavy atom. The SMILES string of the molecule is Cc1nn(C)c2ncc(CN3CCN(C[C@@H](O)C[C@@H](Cc4ccccc4)C(=O)NC4c5ccccc5C[C@H]4O)[C@H](C(=O)NC(C)(C)C)C3)cc12. The molecule has 4 aromatic rings. The number of pyridine rings is 1. The summed E-state index contributed by atoms with van der Waals surface area (Å²) < 4.78 is 1.79. The number of aryl methyl sites for hydroxylation is 2. The van der Waals surface area contributed by atoms with Crippen LogP contribution in [0.1, 0.15) is 61.2 Å². The summed E-state index contributed by atoms with van der Waals surface area (Å²) in [5, 5.41) is 34.2. The molecule has 0 saturated carbocycles. The van der Waals surface area contributed by atoms with Crippen molar-refractivity contribution in [3.63, 3.8) is 0 Å². The summed E-state index contributed by atoms with van der Waals surface area (Å²) in [7, 11) is 1.89. The van der Waals surface area contributed by atoms with Crippen molar-refractivity contribution in [2.45, 2.75) is 83.3 Å². The van der Waals surface area contributed by atoms with Crippen LogP contribution >= 0.6 is 0 Å². The molecule has 1 aliphatic heterocycles. The number of hydrogen-bond acceptors (Lipinski definition) is 8. The Bertz CT molecular complexity index is 1800. The molecule has 1 aliphatic carbocycles. The Labute approximate surface area is 294 Å². The van der Waals surface area contributed by atoms with E-state index in [0.29, 0.717) is 39.0 Å². The quantitative estimate of drug-likeness (QED) is 0.190. The van der Waals surface area contributed by atoms with E-state index in [1.165, 1.54) is 0 Å². The fourth-order valence-corrected chi connectivity index (χ4v) is 7.51. The van der Waals surface area contributed by atoms with Crippen LogP contribution in [-0.4, -0.2) is 96.6 Å². The van der Waals surface area contributed by atoms with Crippen molar-refractivity contribution in [2.75, 3.05) is 26.2 Å². The molecule has 266 valence electrons. The molecule has 0 radical (unpaired) electrons. The third kappa shape index (κ3) is 8.40. The molecule has 1 fully saturated rings. The number of piperazine rings is 1. The molecule has 1 saturated heterocycles. The van der Waals surface area contributed by atoms with Gasteiger partial charge in [-0.1, -0.05) is 54.6 Å². The van der Waals surface area contributed by atoms with Crippen molar-refractivity contribution >= 4 is 22.8 Å². The average Bonchev–Trinajstić information content (AvgIpc) is 3.54. The van der Waals surface area contributed by atoms with Crippen molar-refractivity contribution in [3.05, 3.63) is 94.8 Å². The number of aliphatic hydroxyl groups excluding tert-OH is 2. The third-order valence-corrected chi connectivity index (χ3v) is 9.90. The van der Waals surface area contributed by atoms with Crippen LogP contribution in [0.3, 0.4) is 0 Å². The minimum absolute atomic E-state index is 0.0847. The Hall–Kier alpha value is -4.16. The number of aliphatic hydroxyl groups is 2. The van der Waals surface area contributed by atoms with Gasteiger partial charge >= 0.3 is 0 Å². The van der Waals surface area contributed by atoms with E-state index in [-0.39, 0.29) is 24.8 Å². The first-order valence-electron chi connectivity index (χ1n) is 17.7. The topological polar surface area (TPSA) is 136 Å². The van der Waals surface area contributed by atoms with Gasteiger partial charge in [-0.25, -0.2) is 4.98 Å². The second-order valence-electron chi connectivity index (χ2n) is 15.1. The summed E-state index contributed by atoms with van der Waals surface area (Å²) >= 11 is 0. The number of benzene rings is 2. The Morgan fingerprint density at radius 1 is 1.04 bits per heavy atom. The van der Waals surface area contributed by atoms with Crippen molar-refractivity contribution < 1.29 is 19.8 Å². The van der Waals surface area contributed by atoms with Gasteiger partial charge in [-0.2, -0.15) is 5.10 Å². The van der Waals surface area contributed by atoms with E-state index in [2.05, 4.69) is 36.6 Å². The number of nitrogens with one attached hydrogen (secondary N) is 2. The zero-order valence-corrected chi connectivity index (χ0v) is 29.8. The summed E-state index contributed by atoms with van der Waals surface area (Å²) in [6.07, 6.45) is 1.48. The highest BCUT2D eigenvalue weighted by atomic mass is 16.3. The molecule has 0 bridgehead atoms. The molecule has 2 aromatic carbocycles. The third-order valence-electron chi connectivity index (χ3n) is 9.90. The molecule has 50 heavy (non-hydrogen) atoms. The first kappa shape index (κ1) is 35.7. The van der Waals surface area contributed by atoms with E-state index < -0.39 is 35.7 Å². The van der Waals surface area contributed by atoms with E-state index >= 15 is 0 Å². The summed E-state index contributed by atoms with van der Waals surface area (Å²) in [4.78, 5) is 36.6. The molecule has 4 N–H and O–H groups in total. The molecular formula is C39H51N7O4. The molecule has 11 nitrogen and oxygen atoms in total. The van der Waals surface area contributed by atoms with Gasteiger partial charge in [0, 0.05) is 69.2 Å². The Morgan fingerprint density at radius 3 is 2.54 bits per heavy atom. The highest BCUT2D eigenvalue weighted by Gasteiger charge is 2.37. The summed E-state index contributed by atoms with van der Waals surface area (Å²) in [6, 6.07) is 18.8. The normalized spacial score (nSPS) is 21.1. The molecular weight excluding hydrogens is 630 g/mol. The lowest BCUT2D eigenvalue weighted by molar-refractivity contribution is -0.132. The molecule has 2 amide bonds. The lowest BCUT2D eigenvalue weighted by atomic mass is 9.91. The molecule has 2 aliphatic rings. The molecule has 1 unspecified atom stereocenters. The van der Waals surface area contributed by atoms with Crippen molar-refractivity contribution in [1.82, 2.24) is 35.2 Å². The maximum absolute atomic E-state index is 13.9. The fourth-order valence-electron chi connectivity index (χ4n) is 7.51. The van der Waals surface area contributed by atoms with Gasteiger partial charge in [0.05, 0.1) is 23.9 Å². The van der Waals surface area contributed by atoms with Crippen molar-refractivity contribution in [1.29, 1.82) is 0 Å². The maximum atomic E-state index is 13.9. The van der Waals surface area contributed by atoms with E-state index in [4.69, 9.17) is 0 Å². The van der Waals surface area contributed by atoms with Gasteiger partial charge in [0.1, 0.15) is 6.04 Å². The van der Waals surface area contributed by atoms with Crippen LogP contribution in [0, 0.1) is 12.8 Å². The zero-order chi connectivity index (χ0) is 35.6. The van der Waals surface area contributed by atoms with Gasteiger partial charge in [-0.3, -0.25) is 24.1 Å². The monoisotopic (exact) mass is 681 g/mol. The molecule has 2 aromatic heterocycles. The van der Waals surface area contributed by atoms with Gasteiger partial charge in [0.2, 0.25) is 11.8 Å². The summed E-state index contributed by atoms with van der Waals surface area (Å²) in [5.74, 6) is -0.817. The second-order valence-corrected chi connectivity index (χ2v) is 15.1. The lowest BCUT2D eigenvalue weighted by Crippen LogP contribution is -2.61. The number of carbonyl (C=O) groups excluding carboxylic acids is 2. The number of carbonyl (C=O) groups is 2. The number of fused-ring (bicyclic) bond motifs is 2. The minimum Gasteiger partial charge on any atom is -0.392 e. The maximum Gasteiger partial charge on any atom is 0.239 e. The molecule has 3 heterocycles. The number of β-amino-alcohol motifs (C(OH)–C–C–N with tert-alkyl or cyclic N) is 1. The largest absolute Gasteiger partial charge is 0.392 e. The van der Waals surface area contributed by atoms with Crippen LogP contribution in [0.25, 0.3) is 11.0 Å². The van der Waals surface area contributed by atoms with Crippen molar-refractivity contribution in [3.8, 4) is 0 Å². The Kier molecular flexibility index (Phi) is 10.7. The second kappa shape index (κ2) is 15.0. The number of aromatic nitrogens is 3. The van der Waals surface area contributed by atoms with Gasteiger partial charge in [-0.05, 0) is 68.9 Å². The van der Waals surface area contributed by atoms with Crippen LogP contribution in [0.4, 0.5) is 0 Å². The molecule has 6 rings (SSSR count). The summed E-state index contributed by atoms with van der Waals surface area (Å²) in [6.45, 7) is 10.6. The van der Waals surface area contributed by atoms with Crippen LogP contribution in [-0.2, 0) is 36.0 Å². The zero-order valence-electron chi connectivity index (χ0n) is 29.8. The first-order valence-corrected chi connectivity index (χ1v) is 17.7. The van der Waals surface area contributed by atoms with Crippen LogP contribution in [0.15, 0.2) is 66.9 Å². The predicted octanol–water partition coefficient (Wildman–Crippen LogP) is 3.06. The number of hydrogen-bond donors (Lipinski definition) is 4. The molecule has 5 atom stereocenters. The number of nitrogens with zero attached hydrogens (tertiary/aromatic N) is 5. The standard InChI is InChI=1S/C39H51N7O4/c1-25-32-18-27(21-40-36(32)44(5)43-25)22-45-15-16-46(33(24-45)38(50)42-39(2,3)4)23-30(47)19-29(17-26-11-7-6-8-12-26)37(49)41-35-31-14-10-9-13-28(31)20-34(35)48/h6-14,18,21,29-30,33-35,47-48H,15-17,19-20,22-24H2,1-5H3,(H,41,49)(H,42,50)/t29-,30+,33+,34-,35?/m1/s1. The fraction of sp³-hybridized carbons (Fsp3) is 0.487. The van der Waals surface area contributed by atoms with Gasteiger partial charge in [-0.15, -0.1) is 0 Å². The van der Waals surface area contributed by atoms with E-state index in [0.717, 1.165) is 39.0 Å². The number of rotatable bonds is 11. The van der Waals surface area contributed by atoms with Crippen LogP contribution < -0.4 is 10.6 Å². The molecule has 0 spiro atoms. The van der Waals surface area contributed by atoms with Gasteiger partial charge in [0.15, 0.2) is 5.65 Å². The van der Waals surface area contributed by atoms with E-state index in [9.17, 15) is 19.8 Å². The summed E-state index contributed by atoms with van der Waals surface area (Å²) in [5.41, 5.74) is 5.38. The van der Waals surface area contributed by atoms with Crippen LogP contribution in [0.2, 0.25) is 0 Å². The molecule has 11 heteroatoms. The predicted molar refractivity (Wildman–Crippen MR) is 193 cm³/mol. The van der Waals surface area contributed by atoms with E-state index in [1.54, 1.807) is 4.68 Å². The Balaban J connectivity index is 1.16. The highest BCUT2D eigenvalue weighted by Crippen LogP contribution is 2.32. The van der Waals surface area contributed by atoms with Gasteiger partial charge in [0.25, 0.3) is 0 Å². The lowest BCUT2D eigenvalue weighted by Gasteiger charge is -2.42. The van der Waals surface area contributed by atoms with E-state index in [1.807, 2.05) is 95.5 Å².